The van der Waals surface area contributed by atoms with Crippen LogP contribution in [0.2, 0.25) is 0 Å². The lowest BCUT2D eigenvalue weighted by Crippen LogP contribution is -2.60. The van der Waals surface area contributed by atoms with Crippen LogP contribution in [0.1, 0.15) is 59.3 Å². The third-order valence-electron chi connectivity index (χ3n) is 5.90. The first kappa shape index (κ1) is 22.4. The van der Waals surface area contributed by atoms with Crippen LogP contribution >= 0.6 is 0 Å². The quantitative estimate of drug-likeness (QED) is 0.683. The van der Waals surface area contributed by atoms with E-state index in [2.05, 4.69) is 23.9 Å². The Morgan fingerprint density at radius 1 is 1.19 bits per heavy atom. The number of likely N-dealkylation sites (tertiary alicyclic amines) is 1. The highest BCUT2D eigenvalue weighted by Gasteiger charge is 2.36. The maximum atomic E-state index is 12.5. The molecule has 2 amide bonds. The van der Waals surface area contributed by atoms with Gasteiger partial charge < -0.3 is 15.0 Å². The van der Waals surface area contributed by atoms with Crippen LogP contribution in [0.3, 0.4) is 0 Å². The number of amides is 2. The fourth-order valence-corrected chi connectivity index (χ4v) is 5.16. The van der Waals surface area contributed by atoms with E-state index in [4.69, 9.17) is 4.74 Å². The number of carbonyl (C=O) groups excluding carboxylic acids is 1. The zero-order valence-corrected chi connectivity index (χ0v) is 18.1. The maximum absolute atomic E-state index is 12.5. The molecule has 7 nitrogen and oxygen atoms in total. The van der Waals surface area contributed by atoms with E-state index in [0.29, 0.717) is 25.6 Å². The van der Waals surface area contributed by atoms with Gasteiger partial charge in [-0.3, -0.25) is 0 Å². The van der Waals surface area contributed by atoms with Crippen molar-refractivity contribution in [2.75, 3.05) is 26.0 Å². The van der Waals surface area contributed by atoms with Crippen molar-refractivity contribution in [2.24, 2.45) is 11.8 Å². The van der Waals surface area contributed by atoms with Gasteiger partial charge in [0.05, 0.1) is 25.0 Å². The number of piperidine rings is 1. The molecule has 1 saturated heterocycles. The summed E-state index contributed by atoms with van der Waals surface area (Å²) in [5.74, 6) is 1.48. The minimum Gasteiger partial charge on any atom is -0.376 e. The van der Waals surface area contributed by atoms with E-state index in [1.807, 2.05) is 6.92 Å². The summed E-state index contributed by atoms with van der Waals surface area (Å²) in [5, 5.41) is 2.84. The van der Waals surface area contributed by atoms with Gasteiger partial charge in [-0.2, -0.15) is 0 Å². The summed E-state index contributed by atoms with van der Waals surface area (Å²) in [5.41, 5.74) is 0. The summed E-state index contributed by atoms with van der Waals surface area (Å²) >= 11 is 0. The number of urea groups is 1. The highest BCUT2D eigenvalue weighted by Crippen LogP contribution is 2.31. The fourth-order valence-electron chi connectivity index (χ4n) is 4.34. The van der Waals surface area contributed by atoms with Crippen LogP contribution in [0.25, 0.3) is 0 Å². The van der Waals surface area contributed by atoms with Crippen molar-refractivity contribution in [2.45, 2.75) is 77.5 Å². The van der Waals surface area contributed by atoms with Gasteiger partial charge in [0.1, 0.15) is 0 Å². The number of nitrogens with one attached hydrogen (secondary N) is 2. The van der Waals surface area contributed by atoms with Crippen molar-refractivity contribution < 1.29 is 17.9 Å². The molecule has 0 unspecified atom stereocenters. The average molecular weight is 404 g/mol. The molecule has 2 aliphatic rings. The molecule has 1 saturated carbocycles. The summed E-state index contributed by atoms with van der Waals surface area (Å²) < 4.78 is 32.5. The minimum absolute atomic E-state index is 0.144. The molecule has 2 atom stereocenters. The van der Waals surface area contributed by atoms with Crippen molar-refractivity contribution in [1.29, 1.82) is 0 Å². The number of hydrogen-bond donors (Lipinski definition) is 2. The number of ether oxygens (including phenoxy) is 1. The minimum atomic E-state index is -3.34. The van der Waals surface area contributed by atoms with E-state index >= 15 is 0 Å². The zero-order valence-electron chi connectivity index (χ0n) is 17.2. The first-order valence-corrected chi connectivity index (χ1v) is 12.2. The van der Waals surface area contributed by atoms with Gasteiger partial charge in [0, 0.05) is 19.1 Å². The molecule has 0 aromatic heterocycles. The van der Waals surface area contributed by atoms with Crippen LogP contribution in [-0.2, 0) is 14.8 Å². The lowest BCUT2D eigenvalue weighted by Gasteiger charge is -2.42. The molecule has 158 valence electrons. The van der Waals surface area contributed by atoms with Gasteiger partial charge in [-0.15, -0.1) is 0 Å². The summed E-state index contributed by atoms with van der Waals surface area (Å²) in [7, 11) is -3.34. The Bertz CT molecular complexity index is 574. The lowest BCUT2D eigenvalue weighted by atomic mass is 9.80. The van der Waals surface area contributed by atoms with Crippen LogP contribution in [0, 0.1) is 11.8 Å². The summed E-state index contributed by atoms with van der Waals surface area (Å²) in [4.78, 5) is 14.2. The van der Waals surface area contributed by atoms with Gasteiger partial charge in [0.15, 0.2) is 0 Å². The predicted molar refractivity (Wildman–Crippen MR) is 107 cm³/mol. The second kappa shape index (κ2) is 10.1. The van der Waals surface area contributed by atoms with Crippen LogP contribution < -0.4 is 10.0 Å². The molecule has 1 heterocycles. The monoisotopic (exact) mass is 403 g/mol. The third kappa shape index (κ3) is 6.91. The molecule has 1 aliphatic heterocycles. The largest absolute Gasteiger partial charge is 0.376 e. The van der Waals surface area contributed by atoms with Crippen molar-refractivity contribution in [3.05, 3.63) is 0 Å². The Balaban J connectivity index is 2.00. The zero-order chi connectivity index (χ0) is 20.0. The Morgan fingerprint density at radius 3 is 2.41 bits per heavy atom. The van der Waals surface area contributed by atoms with Gasteiger partial charge in [0.25, 0.3) is 0 Å². The van der Waals surface area contributed by atoms with Gasteiger partial charge in [-0.25, -0.2) is 17.9 Å². The van der Waals surface area contributed by atoms with Gasteiger partial charge >= 0.3 is 6.03 Å². The van der Waals surface area contributed by atoms with Crippen molar-refractivity contribution in [1.82, 2.24) is 14.9 Å². The van der Waals surface area contributed by atoms with Crippen LogP contribution in [0.5, 0.6) is 0 Å². The van der Waals surface area contributed by atoms with Crippen LogP contribution in [0.4, 0.5) is 4.79 Å². The molecule has 8 heteroatoms. The highest BCUT2D eigenvalue weighted by atomic mass is 32.2. The summed E-state index contributed by atoms with van der Waals surface area (Å²) in [6.07, 6.45) is 7.32. The third-order valence-corrected chi connectivity index (χ3v) is 6.63. The van der Waals surface area contributed by atoms with Crippen molar-refractivity contribution >= 4 is 16.1 Å². The highest BCUT2D eigenvalue weighted by molar-refractivity contribution is 7.88. The van der Waals surface area contributed by atoms with Gasteiger partial charge in [-0.1, -0.05) is 13.8 Å². The molecule has 2 N–H and O–H groups in total. The second-order valence-electron chi connectivity index (χ2n) is 8.35. The van der Waals surface area contributed by atoms with E-state index < -0.39 is 10.0 Å². The lowest BCUT2D eigenvalue weighted by molar-refractivity contribution is -0.0240. The molecule has 0 spiro atoms. The molecule has 27 heavy (non-hydrogen) atoms. The Labute approximate surface area is 164 Å². The van der Waals surface area contributed by atoms with Gasteiger partial charge in [0.2, 0.25) is 10.0 Å². The van der Waals surface area contributed by atoms with Crippen molar-refractivity contribution in [3.63, 3.8) is 0 Å². The van der Waals surface area contributed by atoms with Crippen LogP contribution in [0.15, 0.2) is 0 Å². The van der Waals surface area contributed by atoms with E-state index in [1.54, 1.807) is 4.90 Å². The van der Waals surface area contributed by atoms with E-state index in [9.17, 15) is 13.2 Å². The molecular weight excluding hydrogens is 366 g/mol. The number of rotatable bonds is 7. The second-order valence-corrected chi connectivity index (χ2v) is 10.1. The first-order valence-electron chi connectivity index (χ1n) is 10.3. The fraction of sp³-hybridized carbons (Fsp3) is 0.947. The number of sulfonamides is 1. The van der Waals surface area contributed by atoms with E-state index in [1.165, 1.54) is 19.1 Å². The molecule has 2 rings (SSSR count). The van der Waals surface area contributed by atoms with Crippen molar-refractivity contribution in [3.8, 4) is 0 Å². The molecule has 0 radical (unpaired) electrons. The summed E-state index contributed by atoms with van der Waals surface area (Å²) in [6.45, 7) is 7.99. The standard InChI is InChI=1S/C19H37N3O4S/c1-5-20-19(23)22-12-6-7-17(21-27(4,24)25)18(22)13-26-16-10-8-15(9-11-16)14(2)3/h14-18,21H,5-13H2,1-4H3,(H,20,23)/t15-,16+,17-,18+/m0/s1. The maximum Gasteiger partial charge on any atom is 0.317 e. The van der Waals surface area contributed by atoms with E-state index in [-0.39, 0.29) is 24.2 Å². The number of nitrogens with zero attached hydrogens (tertiary/aromatic N) is 1. The van der Waals surface area contributed by atoms with E-state index in [0.717, 1.165) is 31.6 Å². The smallest absolute Gasteiger partial charge is 0.317 e. The Morgan fingerprint density at radius 2 is 1.85 bits per heavy atom. The van der Waals surface area contributed by atoms with Crippen LogP contribution in [-0.4, -0.2) is 63.5 Å². The normalized spacial score (nSPS) is 29.7. The number of carbonyl (C=O) groups is 1. The Hall–Kier alpha value is -0.860. The molecular formula is C19H37N3O4S. The topological polar surface area (TPSA) is 87.7 Å². The Kier molecular flexibility index (Phi) is 8.37. The predicted octanol–water partition coefficient (Wildman–Crippen LogP) is 2.33. The number of hydrogen-bond acceptors (Lipinski definition) is 4. The molecule has 0 aromatic carbocycles. The molecule has 1 aliphatic carbocycles. The first-order chi connectivity index (χ1) is 12.7. The SMILES string of the molecule is CCNC(=O)N1CCC[C@H](NS(C)(=O)=O)[C@H]1CO[C@H]1CC[C@@H](C(C)C)CC1. The molecule has 2 fully saturated rings. The average Bonchev–Trinajstić information content (AvgIpc) is 2.59. The van der Waals surface area contributed by atoms with Gasteiger partial charge in [-0.05, 0) is 57.3 Å². The molecule has 0 aromatic rings. The summed E-state index contributed by atoms with van der Waals surface area (Å²) in [6, 6.07) is -0.721. The molecule has 0 bridgehead atoms.